The highest BCUT2D eigenvalue weighted by molar-refractivity contribution is 6.30. The van der Waals surface area contributed by atoms with Gasteiger partial charge in [-0.25, -0.2) is 0 Å². The summed E-state index contributed by atoms with van der Waals surface area (Å²) in [5.74, 6) is -0.147. The van der Waals surface area contributed by atoms with Crippen molar-refractivity contribution < 1.29 is 9.53 Å². The molecule has 0 bridgehead atoms. The standard InChI is InChI=1S/C19H23ClN4O2/c20-14-5-3-13(4-6-14)17(24-8-1-2-9-24)11-21-19(25)18-15-12-26-10-7-16(15)22-23-18/h3-6,17H,1-2,7-12H2,(H,21,25)(H,22,23)/t17-/m1/s1. The maximum Gasteiger partial charge on any atom is 0.272 e. The third-order valence-electron chi connectivity index (χ3n) is 5.20. The van der Waals surface area contributed by atoms with Gasteiger partial charge in [0.15, 0.2) is 5.69 Å². The molecule has 26 heavy (non-hydrogen) atoms. The maximum atomic E-state index is 12.7. The summed E-state index contributed by atoms with van der Waals surface area (Å²) in [5.41, 5.74) is 3.52. The van der Waals surface area contributed by atoms with Crippen LogP contribution in [-0.2, 0) is 17.8 Å². The first-order valence-corrected chi connectivity index (χ1v) is 9.52. The molecule has 4 rings (SSSR count). The molecular weight excluding hydrogens is 352 g/mol. The van der Waals surface area contributed by atoms with Gasteiger partial charge in [0.05, 0.1) is 19.3 Å². The molecule has 0 radical (unpaired) electrons. The molecule has 2 aromatic rings. The fourth-order valence-corrected chi connectivity index (χ4v) is 3.89. The lowest BCUT2D eigenvalue weighted by Crippen LogP contribution is -2.37. The number of hydrogen-bond donors (Lipinski definition) is 2. The zero-order valence-electron chi connectivity index (χ0n) is 14.6. The van der Waals surface area contributed by atoms with Crippen LogP contribution in [-0.4, -0.2) is 47.2 Å². The van der Waals surface area contributed by atoms with E-state index in [0.29, 0.717) is 25.5 Å². The Morgan fingerprint density at radius 3 is 2.85 bits per heavy atom. The van der Waals surface area contributed by atoms with E-state index in [1.54, 1.807) is 0 Å². The molecule has 6 nitrogen and oxygen atoms in total. The second-order valence-corrected chi connectivity index (χ2v) is 7.29. The molecule has 0 unspecified atom stereocenters. The van der Waals surface area contributed by atoms with Gasteiger partial charge in [-0.2, -0.15) is 5.10 Å². The van der Waals surface area contributed by atoms with Crippen LogP contribution >= 0.6 is 11.6 Å². The summed E-state index contributed by atoms with van der Waals surface area (Å²) in [6.45, 7) is 3.76. The Kier molecular flexibility index (Phi) is 5.24. The number of ether oxygens (including phenoxy) is 1. The van der Waals surface area contributed by atoms with Gasteiger partial charge in [-0.1, -0.05) is 23.7 Å². The summed E-state index contributed by atoms with van der Waals surface area (Å²) in [6, 6.07) is 8.04. The number of likely N-dealkylation sites (tertiary alicyclic amines) is 1. The quantitative estimate of drug-likeness (QED) is 0.844. The number of carbonyl (C=O) groups is 1. The smallest absolute Gasteiger partial charge is 0.272 e. The van der Waals surface area contributed by atoms with Crippen LogP contribution in [0.15, 0.2) is 24.3 Å². The molecule has 138 valence electrons. The number of aromatic amines is 1. The van der Waals surface area contributed by atoms with E-state index in [0.717, 1.165) is 35.8 Å². The monoisotopic (exact) mass is 374 g/mol. The first kappa shape index (κ1) is 17.5. The van der Waals surface area contributed by atoms with Gasteiger partial charge in [-0.05, 0) is 43.6 Å². The Morgan fingerprint density at radius 1 is 1.31 bits per heavy atom. The van der Waals surface area contributed by atoms with E-state index < -0.39 is 0 Å². The first-order chi connectivity index (χ1) is 12.7. The number of amides is 1. The molecule has 1 fully saturated rings. The van der Waals surface area contributed by atoms with Crippen molar-refractivity contribution in [2.24, 2.45) is 0 Å². The van der Waals surface area contributed by atoms with Gasteiger partial charge >= 0.3 is 0 Å². The van der Waals surface area contributed by atoms with E-state index in [2.05, 4.69) is 20.4 Å². The van der Waals surface area contributed by atoms with Gasteiger partial charge in [-0.15, -0.1) is 0 Å². The minimum Gasteiger partial charge on any atom is -0.376 e. The third-order valence-corrected chi connectivity index (χ3v) is 5.45. The number of nitrogens with one attached hydrogen (secondary N) is 2. The summed E-state index contributed by atoms with van der Waals surface area (Å²) in [6.07, 6.45) is 3.17. The Labute approximate surface area is 157 Å². The number of nitrogens with zero attached hydrogens (tertiary/aromatic N) is 2. The van der Waals surface area contributed by atoms with Gasteiger partial charge in [0.25, 0.3) is 5.91 Å². The molecule has 0 saturated carbocycles. The molecule has 0 aliphatic carbocycles. The molecule has 2 aliphatic rings. The van der Waals surface area contributed by atoms with Gasteiger partial charge in [0, 0.05) is 29.2 Å². The van der Waals surface area contributed by atoms with Crippen molar-refractivity contribution in [3.63, 3.8) is 0 Å². The minimum absolute atomic E-state index is 0.143. The second kappa shape index (κ2) is 7.78. The first-order valence-electron chi connectivity index (χ1n) is 9.14. The van der Waals surface area contributed by atoms with E-state index >= 15 is 0 Å². The number of rotatable bonds is 5. The second-order valence-electron chi connectivity index (χ2n) is 6.85. The SMILES string of the molecule is O=C(NC[C@H](c1ccc(Cl)cc1)N1CCCC1)c1n[nH]c2c1COCC2. The number of halogens is 1. The van der Waals surface area contributed by atoms with E-state index in [9.17, 15) is 4.79 Å². The largest absolute Gasteiger partial charge is 0.376 e. The predicted molar refractivity (Wildman–Crippen MR) is 99.3 cm³/mol. The zero-order chi connectivity index (χ0) is 17.9. The molecule has 0 spiro atoms. The number of H-pyrrole nitrogens is 1. The topological polar surface area (TPSA) is 70.2 Å². The van der Waals surface area contributed by atoms with Gasteiger partial charge in [-0.3, -0.25) is 14.8 Å². The lowest BCUT2D eigenvalue weighted by Gasteiger charge is -2.28. The number of fused-ring (bicyclic) bond motifs is 1. The lowest BCUT2D eigenvalue weighted by molar-refractivity contribution is 0.0911. The molecule has 7 heteroatoms. The Balaban J connectivity index is 1.48. The van der Waals surface area contributed by atoms with Gasteiger partial charge in [0.1, 0.15) is 0 Å². The highest BCUT2D eigenvalue weighted by Crippen LogP contribution is 2.26. The van der Waals surface area contributed by atoms with Crippen LogP contribution < -0.4 is 5.32 Å². The van der Waals surface area contributed by atoms with E-state index in [1.165, 1.54) is 18.4 Å². The van der Waals surface area contributed by atoms with E-state index in [4.69, 9.17) is 16.3 Å². The van der Waals surface area contributed by atoms with Crippen molar-refractivity contribution in [1.29, 1.82) is 0 Å². The summed E-state index contributed by atoms with van der Waals surface area (Å²) in [4.78, 5) is 15.1. The molecule has 1 amide bonds. The van der Waals surface area contributed by atoms with Crippen molar-refractivity contribution in [3.8, 4) is 0 Å². The van der Waals surface area contributed by atoms with Crippen LogP contribution in [0.1, 0.15) is 46.2 Å². The van der Waals surface area contributed by atoms with Crippen molar-refractivity contribution >= 4 is 17.5 Å². The Hall–Kier alpha value is -1.89. The van der Waals surface area contributed by atoms with Crippen LogP contribution in [0, 0.1) is 0 Å². The van der Waals surface area contributed by atoms with Crippen LogP contribution in [0.3, 0.4) is 0 Å². The van der Waals surface area contributed by atoms with Crippen LogP contribution in [0.5, 0.6) is 0 Å². The summed E-state index contributed by atoms with van der Waals surface area (Å²) in [5, 5.41) is 11.0. The number of carbonyl (C=O) groups excluding carboxylic acids is 1. The molecule has 1 atom stereocenters. The Bertz CT molecular complexity index is 768. The molecule has 1 aromatic heterocycles. The lowest BCUT2D eigenvalue weighted by atomic mass is 10.1. The van der Waals surface area contributed by atoms with E-state index in [-0.39, 0.29) is 11.9 Å². The molecule has 1 saturated heterocycles. The predicted octanol–water partition coefficient (Wildman–Crippen LogP) is 2.70. The minimum atomic E-state index is -0.147. The zero-order valence-corrected chi connectivity index (χ0v) is 15.4. The molecule has 3 heterocycles. The van der Waals surface area contributed by atoms with Crippen molar-refractivity contribution in [1.82, 2.24) is 20.4 Å². The maximum absolute atomic E-state index is 12.7. The molecule has 1 aromatic carbocycles. The van der Waals surface area contributed by atoms with Crippen LogP contribution in [0.25, 0.3) is 0 Å². The summed E-state index contributed by atoms with van der Waals surface area (Å²) < 4.78 is 5.47. The number of hydrogen-bond acceptors (Lipinski definition) is 4. The van der Waals surface area contributed by atoms with E-state index in [1.807, 2.05) is 24.3 Å². The van der Waals surface area contributed by atoms with Crippen molar-refractivity contribution in [2.45, 2.75) is 31.9 Å². The van der Waals surface area contributed by atoms with Gasteiger partial charge < -0.3 is 10.1 Å². The summed E-state index contributed by atoms with van der Waals surface area (Å²) in [7, 11) is 0. The fraction of sp³-hybridized carbons (Fsp3) is 0.474. The highest BCUT2D eigenvalue weighted by atomic mass is 35.5. The molecule has 2 aliphatic heterocycles. The third kappa shape index (κ3) is 3.63. The van der Waals surface area contributed by atoms with Crippen molar-refractivity contribution in [3.05, 3.63) is 51.8 Å². The van der Waals surface area contributed by atoms with Gasteiger partial charge in [0.2, 0.25) is 0 Å². The summed E-state index contributed by atoms with van der Waals surface area (Å²) >= 11 is 6.03. The fourth-order valence-electron chi connectivity index (χ4n) is 3.77. The normalized spacial score (nSPS) is 18.5. The molecular formula is C19H23ClN4O2. The Morgan fingerprint density at radius 2 is 2.08 bits per heavy atom. The molecule has 2 N–H and O–H groups in total. The van der Waals surface area contributed by atoms with Crippen LogP contribution in [0.2, 0.25) is 5.02 Å². The van der Waals surface area contributed by atoms with Crippen LogP contribution in [0.4, 0.5) is 0 Å². The van der Waals surface area contributed by atoms with Crippen molar-refractivity contribution in [2.75, 3.05) is 26.2 Å². The average molecular weight is 375 g/mol. The average Bonchev–Trinajstić information content (AvgIpc) is 3.33. The number of aromatic nitrogens is 2. The number of benzene rings is 1. The highest BCUT2D eigenvalue weighted by Gasteiger charge is 2.26.